The molecule has 0 unspecified atom stereocenters. The van der Waals surface area contributed by atoms with Gasteiger partial charge in [0.1, 0.15) is 0 Å². The Morgan fingerprint density at radius 1 is 1.00 bits per heavy atom. The number of carbonyl (C=O) groups excluding carboxylic acids is 2. The molecule has 4 nitrogen and oxygen atoms in total. The average Bonchev–Trinajstić information content (AvgIpc) is 2.59. The molecule has 1 amide bonds. The highest BCUT2D eigenvalue weighted by molar-refractivity contribution is 5.92. The zero-order valence-electron chi connectivity index (χ0n) is 13.2. The average molecular weight is 311 g/mol. The van der Waals surface area contributed by atoms with Crippen LogP contribution in [-0.4, -0.2) is 25.0 Å². The molecule has 0 saturated heterocycles. The maximum atomic E-state index is 12.2. The van der Waals surface area contributed by atoms with Gasteiger partial charge >= 0.3 is 5.97 Å². The molecule has 0 bridgehead atoms. The van der Waals surface area contributed by atoms with Crippen LogP contribution < -0.4 is 5.32 Å². The van der Waals surface area contributed by atoms with Crippen LogP contribution in [0.3, 0.4) is 0 Å². The molecule has 0 aliphatic rings. The molecule has 4 heteroatoms. The first-order valence-electron chi connectivity index (χ1n) is 7.76. The quantitative estimate of drug-likeness (QED) is 0.800. The van der Waals surface area contributed by atoms with Crippen LogP contribution in [0.5, 0.6) is 0 Å². The fourth-order valence-electron chi connectivity index (χ4n) is 2.21. The van der Waals surface area contributed by atoms with E-state index < -0.39 is 5.97 Å². The van der Waals surface area contributed by atoms with Gasteiger partial charge in [0.15, 0.2) is 6.61 Å². The molecule has 1 N–H and O–H groups in total. The lowest BCUT2D eigenvalue weighted by Crippen LogP contribution is -2.29. The highest BCUT2D eigenvalue weighted by Gasteiger charge is 2.14. The van der Waals surface area contributed by atoms with Crippen LogP contribution in [-0.2, 0) is 16.0 Å². The molecule has 0 saturated carbocycles. The Morgan fingerprint density at radius 2 is 1.70 bits per heavy atom. The molecule has 0 aliphatic heterocycles. The van der Waals surface area contributed by atoms with Crippen molar-refractivity contribution in [2.75, 3.05) is 13.2 Å². The van der Waals surface area contributed by atoms with E-state index in [1.54, 1.807) is 12.1 Å². The van der Waals surface area contributed by atoms with Gasteiger partial charge in [-0.2, -0.15) is 0 Å². The van der Waals surface area contributed by atoms with Gasteiger partial charge in [-0.1, -0.05) is 55.5 Å². The Kier molecular flexibility index (Phi) is 6.36. The van der Waals surface area contributed by atoms with E-state index in [0.717, 1.165) is 17.5 Å². The van der Waals surface area contributed by atoms with Crippen molar-refractivity contribution >= 4 is 11.9 Å². The molecule has 0 spiro atoms. The summed E-state index contributed by atoms with van der Waals surface area (Å²) in [7, 11) is 0. The van der Waals surface area contributed by atoms with Crippen molar-refractivity contribution in [3.8, 4) is 0 Å². The van der Waals surface area contributed by atoms with E-state index in [4.69, 9.17) is 4.74 Å². The van der Waals surface area contributed by atoms with Crippen molar-refractivity contribution in [1.29, 1.82) is 0 Å². The fourth-order valence-corrected chi connectivity index (χ4v) is 2.21. The molecule has 2 aromatic rings. The molecule has 0 fully saturated rings. The Bertz CT molecular complexity index is 653. The summed E-state index contributed by atoms with van der Waals surface area (Å²) in [5.74, 6) is -0.746. The van der Waals surface area contributed by atoms with Gasteiger partial charge in [-0.05, 0) is 30.0 Å². The number of rotatable bonds is 7. The number of nitrogens with one attached hydrogen (secondary N) is 1. The van der Waals surface area contributed by atoms with Crippen LogP contribution in [0.1, 0.15) is 34.8 Å². The highest BCUT2D eigenvalue weighted by atomic mass is 16.5. The van der Waals surface area contributed by atoms with Crippen molar-refractivity contribution in [2.45, 2.75) is 19.8 Å². The second-order valence-electron chi connectivity index (χ2n) is 5.25. The third-order valence-corrected chi connectivity index (χ3v) is 3.38. The van der Waals surface area contributed by atoms with Crippen molar-refractivity contribution < 1.29 is 14.3 Å². The maximum absolute atomic E-state index is 12.2. The summed E-state index contributed by atoms with van der Waals surface area (Å²) in [4.78, 5) is 23.8. The number of carbonyl (C=O) groups is 2. The Morgan fingerprint density at radius 3 is 2.43 bits per heavy atom. The molecule has 0 atom stereocenters. The highest BCUT2D eigenvalue weighted by Crippen LogP contribution is 2.15. The summed E-state index contributed by atoms with van der Waals surface area (Å²) in [5, 5.41) is 2.68. The third kappa shape index (κ3) is 5.25. The van der Waals surface area contributed by atoms with Gasteiger partial charge in [0.05, 0.1) is 5.56 Å². The number of hydrogen-bond acceptors (Lipinski definition) is 3. The lowest BCUT2D eigenvalue weighted by atomic mass is 10.00. The van der Waals surface area contributed by atoms with Crippen LogP contribution >= 0.6 is 0 Å². The summed E-state index contributed by atoms with van der Waals surface area (Å²) in [5.41, 5.74) is 2.51. The summed E-state index contributed by atoms with van der Waals surface area (Å²) in [6.45, 7) is 2.30. The van der Waals surface area contributed by atoms with Crippen molar-refractivity contribution in [3.63, 3.8) is 0 Å². The smallest absolute Gasteiger partial charge is 0.338 e. The van der Waals surface area contributed by atoms with Gasteiger partial charge in [0, 0.05) is 6.54 Å². The van der Waals surface area contributed by atoms with Crippen LogP contribution in [0.25, 0.3) is 0 Å². The Hall–Kier alpha value is -2.62. The van der Waals surface area contributed by atoms with E-state index in [1.807, 2.05) is 49.4 Å². The van der Waals surface area contributed by atoms with Gasteiger partial charge in [-0.3, -0.25) is 4.79 Å². The lowest BCUT2D eigenvalue weighted by Gasteiger charge is -2.10. The fraction of sp³-hybridized carbons (Fsp3) is 0.263. The number of benzene rings is 2. The summed E-state index contributed by atoms with van der Waals surface area (Å²) >= 11 is 0. The molecule has 0 aromatic heterocycles. The second-order valence-corrected chi connectivity index (χ2v) is 5.25. The predicted octanol–water partition coefficient (Wildman–Crippen LogP) is 2.96. The van der Waals surface area contributed by atoms with E-state index in [-0.39, 0.29) is 12.5 Å². The van der Waals surface area contributed by atoms with Gasteiger partial charge in [-0.15, -0.1) is 0 Å². The monoisotopic (exact) mass is 311 g/mol. The zero-order chi connectivity index (χ0) is 16.5. The second kappa shape index (κ2) is 8.73. The van der Waals surface area contributed by atoms with Crippen molar-refractivity contribution in [2.24, 2.45) is 0 Å². The first-order valence-corrected chi connectivity index (χ1v) is 7.76. The zero-order valence-corrected chi connectivity index (χ0v) is 13.2. The normalized spacial score (nSPS) is 10.1. The lowest BCUT2D eigenvalue weighted by molar-refractivity contribution is -0.124. The standard InChI is InChI=1S/C19H21NO3/c1-2-12-20-18(21)14-23-19(22)17-11-7-6-10-16(17)13-15-8-4-3-5-9-15/h3-11H,2,12-14H2,1H3,(H,20,21). The third-order valence-electron chi connectivity index (χ3n) is 3.38. The van der Waals surface area contributed by atoms with Crippen molar-refractivity contribution in [3.05, 3.63) is 71.3 Å². The van der Waals surface area contributed by atoms with E-state index >= 15 is 0 Å². The first kappa shape index (κ1) is 16.7. The molecule has 2 aromatic carbocycles. The first-order chi connectivity index (χ1) is 11.2. The topological polar surface area (TPSA) is 55.4 Å². The molecular weight excluding hydrogens is 290 g/mol. The van der Waals surface area contributed by atoms with Crippen molar-refractivity contribution in [1.82, 2.24) is 5.32 Å². The van der Waals surface area contributed by atoms with E-state index in [2.05, 4.69) is 5.32 Å². The predicted molar refractivity (Wildman–Crippen MR) is 89.3 cm³/mol. The van der Waals surface area contributed by atoms with Gasteiger partial charge in [0.25, 0.3) is 5.91 Å². The molecule has 0 heterocycles. The summed E-state index contributed by atoms with van der Waals surface area (Å²) < 4.78 is 5.11. The summed E-state index contributed by atoms with van der Waals surface area (Å²) in [6.07, 6.45) is 1.49. The largest absolute Gasteiger partial charge is 0.452 e. The van der Waals surface area contributed by atoms with E-state index in [0.29, 0.717) is 18.5 Å². The van der Waals surface area contributed by atoms with Crippen LogP contribution in [0.2, 0.25) is 0 Å². The molecule has 0 radical (unpaired) electrons. The maximum Gasteiger partial charge on any atom is 0.338 e. The van der Waals surface area contributed by atoms with E-state index in [9.17, 15) is 9.59 Å². The van der Waals surface area contributed by atoms with E-state index in [1.165, 1.54) is 0 Å². The van der Waals surface area contributed by atoms with Gasteiger partial charge in [-0.25, -0.2) is 4.79 Å². The molecular formula is C19H21NO3. The SMILES string of the molecule is CCCNC(=O)COC(=O)c1ccccc1Cc1ccccc1. The minimum atomic E-state index is -0.469. The number of amides is 1. The number of ether oxygens (including phenoxy) is 1. The van der Waals surface area contributed by atoms with Gasteiger partial charge < -0.3 is 10.1 Å². The van der Waals surface area contributed by atoms with Gasteiger partial charge in [0.2, 0.25) is 0 Å². The number of hydrogen-bond donors (Lipinski definition) is 1. The summed E-state index contributed by atoms with van der Waals surface area (Å²) in [6, 6.07) is 17.2. The molecule has 120 valence electrons. The minimum absolute atomic E-state index is 0.251. The van der Waals surface area contributed by atoms with Crippen LogP contribution in [0, 0.1) is 0 Å². The molecule has 0 aliphatic carbocycles. The molecule has 2 rings (SSSR count). The van der Waals surface area contributed by atoms with Crippen LogP contribution in [0.15, 0.2) is 54.6 Å². The minimum Gasteiger partial charge on any atom is -0.452 e. The number of esters is 1. The molecule has 23 heavy (non-hydrogen) atoms. The van der Waals surface area contributed by atoms with Crippen LogP contribution in [0.4, 0.5) is 0 Å². The Balaban J connectivity index is 2.01. The Labute approximate surface area is 136 Å².